The molecule has 13 rings (SSSR count). The summed E-state index contributed by atoms with van der Waals surface area (Å²) in [5.41, 5.74) is 21.5. The maximum Gasteiger partial charge on any atom is 0.0725 e. The van der Waals surface area contributed by atoms with E-state index in [1.165, 1.54) is 99.4 Å². The van der Waals surface area contributed by atoms with E-state index in [9.17, 15) is 0 Å². The molecule has 0 N–H and O–H groups in total. The first-order valence-corrected chi connectivity index (χ1v) is 21.5. The van der Waals surface area contributed by atoms with Crippen molar-refractivity contribution in [1.29, 1.82) is 0 Å². The zero-order chi connectivity index (χ0) is 40.5. The monoisotopic (exact) mass is 775 g/mol. The van der Waals surface area contributed by atoms with Gasteiger partial charge in [0.25, 0.3) is 0 Å². The van der Waals surface area contributed by atoms with Crippen LogP contribution >= 0.6 is 0 Å². The molecule has 10 aromatic rings. The summed E-state index contributed by atoms with van der Waals surface area (Å²) in [5.74, 6) is 0. The van der Waals surface area contributed by atoms with Gasteiger partial charge in [0.2, 0.25) is 0 Å². The maximum absolute atomic E-state index is 2.48. The summed E-state index contributed by atoms with van der Waals surface area (Å²) in [5, 5.41) is 5.10. The van der Waals surface area contributed by atoms with Gasteiger partial charge >= 0.3 is 0 Å². The Bertz CT molecular complexity index is 3410. The summed E-state index contributed by atoms with van der Waals surface area (Å²) >= 11 is 0. The van der Waals surface area contributed by atoms with Crippen LogP contribution in [0.4, 0.5) is 17.1 Å². The highest BCUT2D eigenvalue weighted by Crippen LogP contribution is 2.63. The van der Waals surface area contributed by atoms with Crippen LogP contribution < -0.4 is 4.90 Å². The lowest BCUT2D eigenvalue weighted by atomic mass is 9.70. The molecule has 0 saturated carbocycles. The molecule has 0 fully saturated rings. The van der Waals surface area contributed by atoms with E-state index >= 15 is 0 Å². The molecular formula is C60H41N. The first kappa shape index (κ1) is 34.4. The first-order chi connectivity index (χ1) is 30.0. The van der Waals surface area contributed by atoms with E-state index in [2.05, 4.69) is 231 Å². The van der Waals surface area contributed by atoms with Crippen molar-refractivity contribution >= 4 is 38.6 Å². The van der Waals surface area contributed by atoms with E-state index in [1.54, 1.807) is 0 Å². The van der Waals surface area contributed by atoms with E-state index in [4.69, 9.17) is 0 Å². The quantitative estimate of drug-likeness (QED) is 0.161. The van der Waals surface area contributed by atoms with Crippen LogP contribution in [-0.4, -0.2) is 0 Å². The standard InChI is InChI=1S/C60H41N/c1-59(2)53-23-11-7-19-46(53)50-33-31-42(37-58(50)59)61(40-29-27-38(28-30-40)51-35-39-15-3-4-16-43(39)44-17-5-6-18-45(44)51)41-32-34-57-52(36-41)49-22-10-14-26-56(49)60(57)54-24-12-8-20-47(54)48-21-9-13-25-55(48)60/h3-37H,1-2H3. The van der Waals surface area contributed by atoms with Gasteiger partial charge in [-0.25, -0.2) is 0 Å². The molecule has 1 heteroatoms. The molecule has 3 aliphatic carbocycles. The van der Waals surface area contributed by atoms with Gasteiger partial charge < -0.3 is 4.90 Å². The summed E-state index contributed by atoms with van der Waals surface area (Å²) in [6, 6.07) is 79.7. The van der Waals surface area contributed by atoms with Crippen molar-refractivity contribution in [2.24, 2.45) is 0 Å². The van der Waals surface area contributed by atoms with Crippen molar-refractivity contribution in [1.82, 2.24) is 0 Å². The highest BCUT2D eigenvalue weighted by molar-refractivity contribution is 6.13. The summed E-state index contributed by atoms with van der Waals surface area (Å²) in [6.07, 6.45) is 0. The van der Waals surface area contributed by atoms with Crippen LogP contribution in [0.3, 0.4) is 0 Å². The molecule has 0 atom stereocenters. The van der Waals surface area contributed by atoms with Crippen molar-refractivity contribution in [3.8, 4) is 44.5 Å². The molecule has 0 aromatic heterocycles. The second-order valence-electron chi connectivity index (χ2n) is 17.6. The van der Waals surface area contributed by atoms with Gasteiger partial charge in [0, 0.05) is 22.5 Å². The van der Waals surface area contributed by atoms with Gasteiger partial charge in [-0.3, -0.25) is 0 Å². The number of benzene rings is 10. The van der Waals surface area contributed by atoms with Crippen LogP contribution in [0.15, 0.2) is 212 Å². The molecule has 0 radical (unpaired) electrons. The summed E-state index contributed by atoms with van der Waals surface area (Å²) in [4.78, 5) is 2.48. The summed E-state index contributed by atoms with van der Waals surface area (Å²) in [7, 11) is 0. The van der Waals surface area contributed by atoms with Gasteiger partial charge in [-0.05, 0) is 142 Å². The Morgan fingerprint density at radius 1 is 0.295 bits per heavy atom. The SMILES string of the molecule is CC1(C)c2ccccc2-c2ccc(N(c3ccc(-c4cc5ccccc5c5ccccc45)cc3)c3ccc4c(c3)-c3ccccc3C43c4ccccc4-c4ccccc43)cc21. The van der Waals surface area contributed by atoms with Crippen molar-refractivity contribution in [3.05, 3.63) is 246 Å². The number of nitrogens with zero attached hydrogens (tertiary/aromatic N) is 1. The molecule has 0 aliphatic heterocycles. The lowest BCUT2D eigenvalue weighted by Crippen LogP contribution is -2.25. The minimum atomic E-state index is -0.379. The van der Waals surface area contributed by atoms with E-state index < -0.39 is 0 Å². The van der Waals surface area contributed by atoms with Crippen LogP contribution in [0, 0.1) is 0 Å². The number of rotatable bonds is 4. The Labute approximate surface area is 356 Å². The van der Waals surface area contributed by atoms with Crippen molar-refractivity contribution in [2.45, 2.75) is 24.7 Å². The third-order valence-electron chi connectivity index (χ3n) is 14.3. The molecule has 3 aliphatic rings. The first-order valence-electron chi connectivity index (χ1n) is 21.5. The lowest BCUT2D eigenvalue weighted by molar-refractivity contribution is 0.660. The number of hydrogen-bond donors (Lipinski definition) is 0. The molecule has 0 unspecified atom stereocenters. The molecule has 61 heavy (non-hydrogen) atoms. The third kappa shape index (κ3) is 4.61. The fraction of sp³-hybridized carbons (Fsp3) is 0.0667. The molecular weight excluding hydrogens is 735 g/mol. The van der Waals surface area contributed by atoms with Crippen molar-refractivity contribution in [3.63, 3.8) is 0 Å². The van der Waals surface area contributed by atoms with Gasteiger partial charge in [0.05, 0.1) is 5.41 Å². The Hall–Kier alpha value is -7.48. The second-order valence-corrected chi connectivity index (χ2v) is 17.6. The molecule has 10 aromatic carbocycles. The summed E-state index contributed by atoms with van der Waals surface area (Å²) < 4.78 is 0. The van der Waals surface area contributed by atoms with Crippen LogP contribution in [0.2, 0.25) is 0 Å². The van der Waals surface area contributed by atoms with E-state index in [0.717, 1.165) is 17.1 Å². The van der Waals surface area contributed by atoms with Gasteiger partial charge in [0.1, 0.15) is 0 Å². The van der Waals surface area contributed by atoms with Gasteiger partial charge in [-0.15, -0.1) is 0 Å². The van der Waals surface area contributed by atoms with Crippen LogP contribution in [0.1, 0.15) is 47.2 Å². The van der Waals surface area contributed by atoms with Crippen LogP contribution in [-0.2, 0) is 10.8 Å². The predicted molar refractivity (Wildman–Crippen MR) is 255 cm³/mol. The normalized spacial score (nSPS) is 14.3. The van der Waals surface area contributed by atoms with Crippen molar-refractivity contribution < 1.29 is 0 Å². The van der Waals surface area contributed by atoms with E-state index in [1.807, 2.05) is 0 Å². The molecule has 0 amide bonds. The zero-order valence-electron chi connectivity index (χ0n) is 34.2. The molecule has 0 heterocycles. The third-order valence-corrected chi connectivity index (χ3v) is 14.3. The average molecular weight is 776 g/mol. The van der Waals surface area contributed by atoms with Gasteiger partial charge in [-0.1, -0.05) is 184 Å². The number of hydrogen-bond acceptors (Lipinski definition) is 1. The minimum absolute atomic E-state index is 0.124. The molecule has 0 saturated heterocycles. The molecule has 0 bridgehead atoms. The van der Waals surface area contributed by atoms with Gasteiger partial charge in [-0.2, -0.15) is 0 Å². The van der Waals surface area contributed by atoms with Crippen LogP contribution in [0.5, 0.6) is 0 Å². The lowest BCUT2D eigenvalue weighted by Gasteiger charge is -2.31. The maximum atomic E-state index is 2.48. The molecule has 286 valence electrons. The Morgan fingerprint density at radius 3 is 1.43 bits per heavy atom. The molecule has 1 nitrogen and oxygen atoms in total. The number of fused-ring (bicyclic) bond motifs is 16. The number of anilines is 3. The van der Waals surface area contributed by atoms with Crippen LogP contribution in [0.25, 0.3) is 66.1 Å². The predicted octanol–water partition coefficient (Wildman–Crippen LogP) is 15.8. The highest BCUT2D eigenvalue weighted by atomic mass is 15.1. The topological polar surface area (TPSA) is 3.24 Å². The fourth-order valence-electron chi connectivity index (χ4n) is 11.6. The second kappa shape index (κ2) is 12.5. The zero-order valence-corrected chi connectivity index (χ0v) is 34.2. The minimum Gasteiger partial charge on any atom is -0.310 e. The fourth-order valence-corrected chi connectivity index (χ4v) is 11.6. The highest BCUT2D eigenvalue weighted by Gasteiger charge is 2.51. The van der Waals surface area contributed by atoms with Gasteiger partial charge in [0.15, 0.2) is 0 Å². The van der Waals surface area contributed by atoms with Crippen molar-refractivity contribution in [2.75, 3.05) is 4.90 Å². The average Bonchev–Trinajstić information content (AvgIpc) is 3.87. The Balaban J connectivity index is 1.02. The largest absolute Gasteiger partial charge is 0.310 e. The smallest absolute Gasteiger partial charge is 0.0725 e. The molecule has 1 spiro atoms. The van der Waals surface area contributed by atoms with E-state index in [0.29, 0.717) is 0 Å². The Morgan fingerprint density at radius 2 is 0.754 bits per heavy atom. The Kier molecular flexibility index (Phi) is 7.06. The summed E-state index contributed by atoms with van der Waals surface area (Å²) in [6.45, 7) is 4.75. The van der Waals surface area contributed by atoms with E-state index in [-0.39, 0.29) is 10.8 Å².